The van der Waals surface area contributed by atoms with Gasteiger partial charge in [-0.1, -0.05) is 0 Å². The maximum atomic E-state index is 14.9. The molecule has 2 aromatic heterocycles. The van der Waals surface area contributed by atoms with E-state index in [-0.39, 0.29) is 29.9 Å². The van der Waals surface area contributed by atoms with Gasteiger partial charge in [-0.05, 0) is 32.9 Å². The van der Waals surface area contributed by atoms with Crippen molar-refractivity contribution in [1.82, 2.24) is 24.8 Å². The van der Waals surface area contributed by atoms with Crippen LogP contribution in [0.25, 0.3) is 10.2 Å². The van der Waals surface area contributed by atoms with Gasteiger partial charge in [0, 0.05) is 55.8 Å². The monoisotopic (exact) mass is 455 g/mol. The number of ether oxygens (including phenoxy) is 1. The van der Waals surface area contributed by atoms with Gasteiger partial charge < -0.3 is 9.64 Å². The predicted octanol–water partition coefficient (Wildman–Crippen LogP) is 4.00. The Kier molecular flexibility index (Phi) is 5.33. The van der Waals surface area contributed by atoms with Gasteiger partial charge in [-0.15, -0.1) is 11.3 Å². The summed E-state index contributed by atoms with van der Waals surface area (Å²) >= 11 is 1.51. The summed E-state index contributed by atoms with van der Waals surface area (Å²) in [5, 5.41) is 0.938. The fourth-order valence-electron chi connectivity index (χ4n) is 4.77. The zero-order chi connectivity index (χ0) is 22.6. The fourth-order valence-corrected chi connectivity index (χ4v) is 5.61. The van der Waals surface area contributed by atoms with Crippen molar-refractivity contribution in [2.24, 2.45) is 0 Å². The summed E-state index contributed by atoms with van der Waals surface area (Å²) in [5.41, 5.74) is 3.32. The van der Waals surface area contributed by atoms with Crippen LogP contribution in [0.5, 0.6) is 6.01 Å². The van der Waals surface area contributed by atoms with Gasteiger partial charge in [0.05, 0.1) is 27.5 Å². The molecular formula is C23H26FN5O2S. The smallest absolute Gasteiger partial charge is 0.316 e. The Morgan fingerprint density at radius 2 is 2.12 bits per heavy atom. The number of fused-ring (bicyclic) bond motifs is 2. The zero-order valence-corrected chi connectivity index (χ0v) is 19.4. The summed E-state index contributed by atoms with van der Waals surface area (Å²) in [6.07, 6.45) is 2.48. The van der Waals surface area contributed by atoms with Crippen molar-refractivity contribution in [2.75, 3.05) is 6.54 Å². The number of hydrogen-bond acceptors (Lipinski definition) is 7. The van der Waals surface area contributed by atoms with Crippen LogP contribution in [0.4, 0.5) is 4.39 Å². The van der Waals surface area contributed by atoms with Gasteiger partial charge in [0.25, 0.3) is 0 Å². The van der Waals surface area contributed by atoms with Crippen LogP contribution in [0.2, 0.25) is 0 Å². The third kappa shape index (κ3) is 3.84. The lowest BCUT2D eigenvalue weighted by Crippen LogP contribution is -2.32. The van der Waals surface area contributed by atoms with E-state index in [1.54, 1.807) is 24.1 Å². The highest BCUT2D eigenvalue weighted by molar-refractivity contribution is 7.18. The third-order valence-corrected chi connectivity index (χ3v) is 7.43. The Morgan fingerprint density at radius 3 is 2.91 bits per heavy atom. The van der Waals surface area contributed by atoms with Gasteiger partial charge in [0.15, 0.2) is 0 Å². The first kappa shape index (κ1) is 21.2. The molecule has 1 unspecified atom stereocenters. The number of carbonyl (C=O) groups is 1. The summed E-state index contributed by atoms with van der Waals surface area (Å²) in [6.45, 7) is 9.37. The number of aromatic nitrogens is 3. The van der Waals surface area contributed by atoms with Crippen LogP contribution in [0.1, 0.15) is 55.1 Å². The second-order valence-electron chi connectivity index (χ2n) is 8.77. The number of benzene rings is 1. The summed E-state index contributed by atoms with van der Waals surface area (Å²) in [7, 11) is 0. The standard InChI is InChI=1S/C23H26FN5O2S/c1-12-5-17(31-23-25-8-16-9-28(15(4)30)11-21(16)27-23)10-29(12)13(2)18-6-20-22(7-19(18)24)32-14(3)26-20/h6-8,12-13,17H,5,9-11H2,1-4H3/t12-,13?,17+/m0/s1. The number of likely N-dealkylation sites (tertiary alicyclic amines) is 1. The molecule has 2 aliphatic heterocycles. The molecule has 0 aliphatic carbocycles. The first-order valence-electron chi connectivity index (χ1n) is 10.9. The molecule has 0 bridgehead atoms. The number of aryl methyl sites for hydroxylation is 1. The topological polar surface area (TPSA) is 71.5 Å². The molecule has 3 atom stereocenters. The van der Waals surface area contributed by atoms with Crippen molar-refractivity contribution < 1.29 is 13.9 Å². The second-order valence-corrected chi connectivity index (χ2v) is 10.0. The lowest BCUT2D eigenvalue weighted by molar-refractivity contribution is -0.129. The number of amides is 1. The minimum Gasteiger partial charge on any atom is -0.459 e. The van der Waals surface area contributed by atoms with Crippen LogP contribution in [0.3, 0.4) is 0 Å². The Labute approximate surface area is 190 Å². The van der Waals surface area contributed by atoms with E-state index in [0.29, 0.717) is 31.2 Å². The van der Waals surface area contributed by atoms with E-state index in [9.17, 15) is 9.18 Å². The summed E-state index contributed by atoms with van der Waals surface area (Å²) in [6, 6.07) is 3.94. The number of nitrogens with zero attached hydrogens (tertiary/aromatic N) is 5. The van der Waals surface area contributed by atoms with E-state index < -0.39 is 0 Å². The van der Waals surface area contributed by atoms with Crippen molar-refractivity contribution in [1.29, 1.82) is 0 Å². The van der Waals surface area contributed by atoms with E-state index in [2.05, 4.69) is 26.8 Å². The lowest BCUT2D eigenvalue weighted by Gasteiger charge is -2.28. The molecule has 5 rings (SSSR count). The van der Waals surface area contributed by atoms with Gasteiger partial charge in [0.2, 0.25) is 5.91 Å². The number of hydrogen-bond donors (Lipinski definition) is 0. The first-order chi connectivity index (χ1) is 15.3. The molecule has 32 heavy (non-hydrogen) atoms. The van der Waals surface area contributed by atoms with Crippen LogP contribution < -0.4 is 4.74 Å². The zero-order valence-electron chi connectivity index (χ0n) is 18.6. The molecular weight excluding hydrogens is 429 g/mol. The third-order valence-electron chi connectivity index (χ3n) is 6.50. The average Bonchev–Trinajstić information content (AvgIpc) is 3.42. The van der Waals surface area contributed by atoms with E-state index in [4.69, 9.17) is 4.74 Å². The van der Waals surface area contributed by atoms with Gasteiger partial charge in [0.1, 0.15) is 11.9 Å². The molecule has 0 spiro atoms. The quantitative estimate of drug-likeness (QED) is 0.592. The Hall–Kier alpha value is -2.65. The molecule has 168 valence electrons. The summed E-state index contributed by atoms with van der Waals surface area (Å²) in [5.74, 6) is -0.167. The number of rotatable bonds is 4. The van der Waals surface area contributed by atoms with Gasteiger partial charge in [-0.3, -0.25) is 9.69 Å². The van der Waals surface area contributed by atoms with Crippen molar-refractivity contribution in [2.45, 2.75) is 65.4 Å². The van der Waals surface area contributed by atoms with Crippen LogP contribution >= 0.6 is 11.3 Å². The van der Waals surface area contributed by atoms with Crippen molar-refractivity contribution >= 4 is 27.5 Å². The Balaban J connectivity index is 1.30. The van der Waals surface area contributed by atoms with E-state index in [1.165, 1.54) is 11.3 Å². The molecule has 1 fully saturated rings. The Bertz CT molecular complexity index is 1200. The number of thiazole rings is 1. The molecule has 0 N–H and O–H groups in total. The highest BCUT2D eigenvalue weighted by Crippen LogP contribution is 2.34. The first-order valence-corrected chi connectivity index (χ1v) is 11.7. The normalized spacial score (nSPS) is 21.8. The fraction of sp³-hybridized carbons (Fsp3) is 0.478. The van der Waals surface area contributed by atoms with Crippen LogP contribution in [0.15, 0.2) is 18.3 Å². The van der Waals surface area contributed by atoms with Gasteiger partial charge in [-0.25, -0.2) is 14.4 Å². The lowest BCUT2D eigenvalue weighted by atomic mass is 10.0. The van der Waals surface area contributed by atoms with Crippen molar-refractivity contribution in [3.8, 4) is 6.01 Å². The molecule has 0 radical (unpaired) electrons. The highest BCUT2D eigenvalue weighted by Gasteiger charge is 2.35. The molecule has 3 aromatic rings. The van der Waals surface area contributed by atoms with Crippen molar-refractivity contribution in [3.05, 3.63) is 46.0 Å². The van der Waals surface area contributed by atoms with Crippen LogP contribution in [-0.4, -0.2) is 49.3 Å². The molecule has 9 heteroatoms. The summed E-state index contributed by atoms with van der Waals surface area (Å²) in [4.78, 5) is 29.1. The number of halogens is 1. The molecule has 2 aliphatic rings. The minimum absolute atomic E-state index is 0.0259. The van der Waals surface area contributed by atoms with Gasteiger partial charge in [-0.2, -0.15) is 4.98 Å². The SMILES string of the molecule is CC(=O)N1Cc2cnc(O[C@@H]3C[C@H](C)N(C(C)c4cc5nc(C)sc5cc4F)C3)nc2C1. The molecule has 0 saturated carbocycles. The van der Waals surface area contributed by atoms with Crippen molar-refractivity contribution in [3.63, 3.8) is 0 Å². The average molecular weight is 456 g/mol. The molecule has 4 heterocycles. The number of carbonyl (C=O) groups excluding carboxylic acids is 1. The minimum atomic E-state index is -0.192. The molecule has 7 nitrogen and oxygen atoms in total. The van der Waals surface area contributed by atoms with E-state index in [0.717, 1.165) is 32.9 Å². The van der Waals surface area contributed by atoms with E-state index >= 15 is 0 Å². The second kappa shape index (κ2) is 8.04. The van der Waals surface area contributed by atoms with Gasteiger partial charge >= 0.3 is 6.01 Å². The maximum Gasteiger partial charge on any atom is 0.316 e. The molecule has 1 amide bonds. The van der Waals surface area contributed by atoms with Crippen LogP contribution in [0, 0.1) is 12.7 Å². The molecule has 1 aromatic carbocycles. The largest absolute Gasteiger partial charge is 0.459 e. The predicted molar refractivity (Wildman–Crippen MR) is 120 cm³/mol. The van der Waals surface area contributed by atoms with E-state index in [1.807, 2.05) is 19.9 Å². The molecule has 1 saturated heterocycles. The highest BCUT2D eigenvalue weighted by atomic mass is 32.1. The van der Waals surface area contributed by atoms with Crippen LogP contribution in [-0.2, 0) is 17.9 Å². The Morgan fingerprint density at radius 1 is 1.31 bits per heavy atom. The maximum absolute atomic E-state index is 14.9. The summed E-state index contributed by atoms with van der Waals surface area (Å²) < 4.78 is 21.9.